The van der Waals surface area contributed by atoms with Gasteiger partial charge in [0.15, 0.2) is 0 Å². The Morgan fingerprint density at radius 2 is 1.86 bits per heavy atom. The highest BCUT2D eigenvalue weighted by Crippen LogP contribution is 2.27. The first-order valence-corrected chi connectivity index (χ1v) is 9.81. The molecule has 1 aromatic rings. The molecule has 0 N–H and O–H groups in total. The van der Waals surface area contributed by atoms with Gasteiger partial charge in [0.2, 0.25) is 10.0 Å². The van der Waals surface area contributed by atoms with Crippen molar-refractivity contribution in [2.75, 3.05) is 31.9 Å². The SMILES string of the molecule is CCS(=O)(=O)N1CCN(C(=O)c2cnc(C(C)(C)C)s2)CC1. The van der Waals surface area contributed by atoms with Gasteiger partial charge in [0, 0.05) is 31.6 Å². The Bertz CT molecular complexity index is 639. The Labute approximate surface area is 136 Å². The van der Waals surface area contributed by atoms with E-state index in [1.165, 1.54) is 15.6 Å². The van der Waals surface area contributed by atoms with Gasteiger partial charge in [-0.3, -0.25) is 4.79 Å². The lowest BCUT2D eigenvalue weighted by Gasteiger charge is -2.33. The minimum atomic E-state index is -3.16. The predicted molar refractivity (Wildman–Crippen MR) is 87.8 cm³/mol. The molecule has 1 aromatic heterocycles. The van der Waals surface area contributed by atoms with Crippen LogP contribution in [0.1, 0.15) is 42.4 Å². The maximum atomic E-state index is 12.5. The monoisotopic (exact) mass is 345 g/mol. The van der Waals surface area contributed by atoms with Crippen molar-refractivity contribution in [2.45, 2.75) is 33.1 Å². The number of rotatable bonds is 3. The second-order valence-electron chi connectivity index (χ2n) is 6.37. The van der Waals surface area contributed by atoms with E-state index in [0.29, 0.717) is 31.1 Å². The quantitative estimate of drug-likeness (QED) is 0.833. The predicted octanol–water partition coefficient (Wildman–Crippen LogP) is 1.55. The molecule has 0 spiro atoms. The molecular weight excluding hydrogens is 322 g/mol. The Hall–Kier alpha value is -0.990. The Balaban J connectivity index is 2.03. The summed E-state index contributed by atoms with van der Waals surface area (Å²) in [5.74, 6) is 0.0478. The highest BCUT2D eigenvalue weighted by atomic mass is 32.2. The zero-order chi connectivity index (χ0) is 16.5. The molecule has 1 aliphatic rings. The van der Waals surface area contributed by atoms with Gasteiger partial charge in [-0.15, -0.1) is 11.3 Å². The van der Waals surface area contributed by atoms with Gasteiger partial charge in [0.1, 0.15) is 4.88 Å². The van der Waals surface area contributed by atoms with Crippen LogP contribution < -0.4 is 0 Å². The Morgan fingerprint density at radius 1 is 1.27 bits per heavy atom. The van der Waals surface area contributed by atoms with Crippen LogP contribution in [0, 0.1) is 0 Å². The average Bonchev–Trinajstić information content (AvgIpc) is 2.96. The number of thiazole rings is 1. The number of hydrogen-bond donors (Lipinski definition) is 0. The zero-order valence-corrected chi connectivity index (χ0v) is 15.1. The summed E-state index contributed by atoms with van der Waals surface area (Å²) in [6, 6.07) is 0. The first-order valence-electron chi connectivity index (χ1n) is 7.38. The fourth-order valence-electron chi connectivity index (χ4n) is 2.23. The van der Waals surface area contributed by atoms with Crippen molar-refractivity contribution < 1.29 is 13.2 Å². The van der Waals surface area contributed by atoms with Gasteiger partial charge in [0.25, 0.3) is 5.91 Å². The summed E-state index contributed by atoms with van der Waals surface area (Å²) in [6.07, 6.45) is 1.63. The lowest BCUT2D eigenvalue weighted by Crippen LogP contribution is -2.50. The summed E-state index contributed by atoms with van der Waals surface area (Å²) >= 11 is 1.42. The van der Waals surface area contributed by atoms with Crippen LogP contribution in [0.25, 0.3) is 0 Å². The van der Waals surface area contributed by atoms with E-state index in [1.54, 1.807) is 18.0 Å². The molecule has 2 heterocycles. The van der Waals surface area contributed by atoms with Gasteiger partial charge in [0.05, 0.1) is 17.0 Å². The largest absolute Gasteiger partial charge is 0.335 e. The Kier molecular flexibility index (Phi) is 4.93. The first kappa shape index (κ1) is 17.4. The van der Waals surface area contributed by atoms with Gasteiger partial charge in [-0.2, -0.15) is 4.31 Å². The van der Waals surface area contributed by atoms with Crippen LogP contribution in [0.15, 0.2) is 6.20 Å². The van der Waals surface area contributed by atoms with Gasteiger partial charge in [-0.05, 0) is 6.92 Å². The molecule has 0 radical (unpaired) electrons. The first-order chi connectivity index (χ1) is 10.1. The van der Waals surface area contributed by atoms with Crippen LogP contribution in [0.2, 0.25) is 0 Å². The van der Waals surface area contributed by atoms with E-state index >= 15 is 0 Å². The topological polar surface area (TPSA) is 70.6 Å². The molecule has 0 bridgehead atoms. The van der Waals surface area contributed by atoms with Crippen LogP contribution in [0.3, 0.4) is 0 Å². The number of aromatic nitrogens is 1. The van der Waals surface area contributed by atoms with E-state index in [2.05, 4.69) is 25.8 Å². The molecule has 0 saturated carbocycles. The van der Waals surface area contributed by atoms with Crippen LogP contribution in [0.5, 0.6) is 0 Å². The van der Waals surface area contributed by atoms with Crippen molar-refractivity contribution in [1.82, 2.24) is 14.2 Å². The molecule has 0 aromatic carbocycles. The lowest BCUT2D eigenvalue weighted by atomic mass is 9.98. The van der Waals surface area contributed by atoms with Crippen LogP contribution in [0.4, 0.5) is 0 Å². The molecule has 6 nitrogen and oxygen atoms in total. The van der Waals surface area contributed by atoms with Crippen molar-refractivity contribution >= 4 is 27.3 Å². The third-order valence-electron chi connectivity index (χ3n) is 3.64. The number of nitrogens with zero attached hydrogens (tertiary/aromatic N) is 3. The molecule has 0 aliphatic carbocycles. The van der Waals surface area contributed by atoms with E-state index < -0.39 is 10.0 Å². The van der Waals surface area contributed by atoms with E-state index in [9.17, 15) is 13.2 Å². The zero-order valence-electron chi connectivity index (χ0n) is 13.5. The molecule has 1 fully saturated rings. The smallest absolute Gasteiger partial charge is 0.265 e. The van der Waals surface area contributed by atoms with Crippen molar-refractivity contribution in [2.24, 2.45) is 0 Å². The number of amides is 1. The molecule has 8 heteroatoms. The van der Waals surface area contributed by atoms with Crippen molar-refractivity contribution in [3.05, 3.63) is 16.1 Å². The summed E-state index contributed by atoms with van der Waals surface area (Å²) in [6.45, 7) is 9.43. The van der Waals surface area contributed by atoms with Crippen LogP contribution in [-0.4, -0.2) is 60.4 Å². The molecule has 0 unspecified atom stereocenters. The normalized spacial score (nSPS) is 17.7. The highest BCUT2D eigenvalue weighted by Gasteiger charge is 2.29. The number of piperazine rings is 1. The third-order valence-corrected chi connectivity index (χ3v) is 6.93. The van der Waals surface area contributed by atoms with Gasteiger partial charge in [-0.25, -0.2) is 13.4 Å². The average molecular weight is 345 g/mol. The minimum absolute atomic E-state index is 0.0541. The number of carbonyl (C=O) groups is 1. The van der Waals surface area contributed by atoms with Crippen LogP contribution >= 0.6 is 11.3 Å². The van der Waals surface area contributed by atoms with Crippen molar-refractivity contribution in [3.63, 3.8) is 0 Å². The highest BCUT2D eigenvalue weighted by molar-refractivity contribution is 7.89. The molecule has 0 atom stereocenters. The van der Waals surface area contributed by atoms with E-state index in [0.717, 1.165) is 5.01 Å². The second-order valence-corrected chi connectivity index (χ2v) is 9.66. The summed E-state index contributed by atoms with van der Waals surface area (Å²) in [4.78, 5) is 19.2. The number of hydrogen-bond acceptors (Lipinski definition) is 5. The summed E-state index contributed by atoms with van der Waals surface area (Å²) in [7, 11) is -3.16. The van der Waals surface area contributed by atoms with Crippen LogP contribution in [-0.2, 0) is 15.4 Å². The minimum Gasteiger partial charge on any atom is -0.335 e. The molecule has 1 aliphatic heterocycles. The second kappa shape index (κ2) is 6.25. The maximum Gasteiger partial charge on any atom is 0.265 e. The number of sulfonamides is 1. The van der Waals surface area contributed by atoms with Gasteiger partial charge in [-0.1, -0.05) is 20.8 Å². The third kappa shape index (κ3) is 3.67. The van der Waals surface area contributed by atoms with E-state index in [1.807, 2.05) is 0 Å². The van der Waals surface area contributed by atoms with E-state index in [-0.39, 0.29) is 17.1 Å². The maximum absolute atomic E-state index is 12.5. The number of carbonyl (C=O) groups excluding carboxylic acids is 1. The molecule has 1 amide bonds. The van der Waals surface area contributed by atoms with E-state index in [4.69, 9.17) is 0 Å². The summed E-state index contributed by atoms with van der Waals surface area (Å²) in [5.41, 5.74) is -0.0723. The fraction of sp³-hybridized carbons (Fsp3) is 0.714. The summed E-state index contributed by atoms with van der Waals surface area (Å²) in [5, 5.41) is 0.933. The molecule has 124 valence electrons. The van der Waals surface area contributed by atoms with Gasteiger partial charge < -0.3 is 4.90 Å². The lowest BCUT2D eigenvalue weighted by molar-refractivity contribution is 0.0702. The Morgan fingerprint density at radius 3 is 2.32 bits per heavy atom. The standard InChI is InChI=1S/C14H23N3O3S2/c1-5-22(19,20)17-8-6-16(7-9-17)12(18)11-10-15-13(21-11)14(2,3)4/h10H,5-9H2,1-4H3. The molecule has 2 rings (SSSR count). The summed E-state index contributed by atoms with van der Waals surface area (Å²) < 4.78 is 25.1. The van der Waals surface area contributed by atoms with Crippen molar-refractivity contribution in [3.8, 4) is 0 Å². The molecule has 1 saturated heterocycles. The fourth-order valence-corrected chi connectivity index (χ4v) is 4.25. The molecule has 22 heavy (non-hydrogen) atoms. The van der Waals surface area contributed by atoms with Crippen molar-refractivity contribution in [1.29, 1.82) is 0 Å². The molecular formula is C14H23N3O3S2. The van der Waals surface area contributed by atoms with Gasteiger partial charge >= 0.3 is 0 Å².